The Labute approximate surface area is 122 Å². The van der Waals surface area contributed by atoms with Gasteiger partial charge in [-0.25, -0.2) is 8.42 Å². The van der Waals surface area contributed by atoms with E-state index in [1.807, 2.05) is 0 Å². The second-order valence-corrected chi connectivity index (χ2v) is 7.71. The van der Waals surface area contributed by atoms with Gasteiger partial charge >= 0.3 is 0 Å². The van der Waals surface area contributed by atoms with Crippen LogP contribution < -0.4 is 4.74 Å². The number of halogens is 2. The summed E-state index contributed by atoms with van der Waals surface area (Å²) in [7, 11) is -3.19. The van der Waals surface area contributed by atoms with E-state index in [1.165, 1.54) is 12.1 Å². The summed E-state index contributed by atoms with van der Waals surface area (Å²) < 4.78 is 28.5. The van der Waals surface area contributed by atoms with Crippen LogP contribution in [0.15, 0.2) is 12.1 Å². The molecule has 0 amide bonds. The van der Waals surface area contributed by atoms with Gasteiger partial charge in [-0.05, 0) is 26.0 Å². The van der Waals surface area contributed by atoms with Gasteiger partial charge in [0.05, 0.1) is 21.6 Å². The summed E-state index contributed by atoms with van der Waals surface area (Å²) in [6.07, 6.45) is 0.560. The smallest absolute Gasteiger partial charge is 0.155 e. The molecule has 0 aliphatic carbocycles. The van der Waals surface area contributed by atoms with E-state index in [4.69, 9.17) is 27.9 Å². The quantitative estimate of drug-likeness (QED) is 0.755. The third-order valence-electron chi connectivity index (χ3n) is 2.50. The van der Waals surface area contributed by atoms with Crippen molar-refractivity contribution in [2.24, 2.45) is 0 Å². The van der Waals surface area contributed by atoms with E-state index >= 15 is 0 Å². The summed E-state index contributed by atoms with van der Waals surface area (Å²) in [6, 6.07) is 2.84. The van der Waals surface area contributed by atoms with E-state index in [0.717, 1.165) is 0 Å². The molecule has 106 valence electrons. The van der Waals surface area contributed by atoms with Crippen molar-refractivity contribution in [2.45, 2.75) is 19.1 Å². The molecule has 0 aromatic heterocycles. The highest BCUT2D eigenvalue weighted by atomic mass is 35.5. The highest BCUT2D eigenvalue weighted by molar-refractivity contribution is 7.91. The Bertz CT molecular complexity index is 567. The van der Waals surface area contributed by atoms with E-state index in [2.05, 4.69) is 0 Å². The van der Waals surface area contributed by atoms with Crippen molar-refractivity contribution in [2.75, 3.05) is 12.4 Å². The second kappa shape index (κ2) is 6.59. The summed E-state index contributed by atoms with van der Waals surface area (Å²) in [5.41, 5.74) is 0.194. The maximum atomic E-state index is 11.6. The minimum atomic E-state index is -3.19. The fraction of sp³-hybridized carbons (Fsp3) is 0.417. The molecule has 0 saturated carbocycles. The Balaban J connectivity index is 2.82. The molecular formula is C12H14Cl2O4S. The Morgan fingerprint density at radius 1 is 1.32 bits per heavy atom. The largest absolute Gasteiger partial charge is 0.490 e. The number of benzene rings is 1. The van der Waals surface area contributed by atoms with Gasteiger partial charge in [-0.2, -0.15) is 0 Å². The average molecular weight is 325 g/mol. The summed E-state index contributed by atoms with van der Waals surface area (Å²) in [5.74, 6) is 0.0158. The van der Waals surface area contributed by atoms with E-state index in [9.17, 15) is 13.2 Å². The molecule has 0 bridgehead atoms. The first-order chi connectivity index (χ1) is 8.77. The Kier molecular flexibility index (Phi) is 5.64. The standard InChI is InChI=1S/C12H14Cl2O4S/c1-8(2)19(16,17)4-3-18-12-9(7-15)5-10(13)6-11(12)14/h5-8H,3-4H2,1-2H3. The molecule has 4 nitrogen and oxygen atoms in total. The Morgan fingerprint density at radius 3 is 2.47 bits per heavy atom. The zero-order valence-electron chi connectivity index (χ0n) is 10.5. The van der Waals surface area contributed by atoms with Crippen LogP contribution in [0.4, 0.5) is 0 Å². The van der Waals surface area contributed by atoms with Crippen molar-refractivity contribution in [3.8, 4) is 5.75 Å². The number of rotatable bonds is 6. The van der Waals surface area contributed by atoms with E-state index in [1.54, 1.807) is 13.8 Å². The first-order valence-electron chi connectivity index (χ1n) is 5.56. The number of ether oxygens (including phenoxy) is 1. The lowest BCUT2D eigenvalue weighted by atomic mass is 10.2. The second-order valence-electron chi connectivity index (χ2n) is 4.19. The number of carbonyl (C=O) groups excluding carboxylic acids is 1. The fourth-order valence-electron chi connectivity index (χ4n) is 1.32. The molecule has 0 radical (unpaired) electrons. The lowest BCUT2D eigenvalue weighted by molar-refractivity contribution is 0.112. The van der Waals surface area contributed by atoms with Crippen LogP contribution in [0.25, 0.3) is 0 Å². The van der Waals surface area contributed by atoms with Crippen LogP contribution in [-0.4, -0.2) is 32.3 Å². The first-order valence-corrected chi connectivity index (χ1v) is 8.03. The molecule has 0 saturated heterocycles. The van der Waals surface area contributed by atoms with Crippen LogP contribution in [-0.2, 0) is 9.84 Å². The molecule has 1 aromatic rings. The number of aldehydes is 1. The van der Waals surface area contributed by atoms with E-state index in [-0.39, 0.29) is 28.7 Å². The van der Waals surface area contributed by atoms with Crippen molar-refractivity contribution in [1.82, 2.24) is 0 Å². The maximum absolute atomic E-state index is 11.6. The zero-order chi connectivity index (χ0) is 14.6. The molecule has 0 heterocycles. The normalized spacial score (nSPS) is 11.6. The first kappa shape index (κ1) is 16.3. The molecule has 0 atom stereocenters. The van der Waals surface area contributed by atoms with Crippen molar-refractivity contribution in [3.63, 3.8) is 0 Å². The monoisotopic (exact) mass is 324 g/mol. The van der Waals surface area contributed by atoms with Crippen LogP contribution in [0.2, 0.25) is 10.0 Å². The number of carbonyl (C=O) groups is 1. The Morgan fingerprint density at radius 2 is 1.95 bits per heavy atom. The fourth-order valence-corrected chi connectivity index (χ4v) is 2.67. The topological polar surface area (TPSA) is 60.4 Å². The number of sulfone groups is 1. The summed E-state index contributed by atoms with van der Waals surface area (Å²) in [5, 5.41) is 0.0214. The lowest BCUT2D eigenvalue weighted by Crippen LogP contribution is -2.22. The highest BCUT2D eigenvalue weighted by Crippen LogP contribution is 2.31. The summed E-state index contributed by atoms with van der Waals surface area (Å²) >= 11 is 11.7. The van der Waals surface area contributed by atoms with Gasteiger partial charge in [-0.3, -0.25) is 4.79 Å². The van der Waals surface area contributed by atoms with Crippen LogP contribution in [0.5, 0.6) is 5.75 Å². The minimum absolute atomic E-state index is 0.0668. The highest BCUT2D eigenvalue weighted by Gasteiger charge is 2.17. The molecule has 0 aliphatic rings. The average Bonchev–Trinajstić information content (AvgIpc) is 2.30. The van der Waals surface area contributed by atoms with Gasteiger partial charge < -0.3 is 4.74 Å². The van der Waals surface area contributed by atoms with Crippen LogP contribution >= 0.6 is 23.2 Å². The molecule has 19 heavy (non-hydrogen) atoms. The predicted molar refractivity (Wildman–Crippen MR) is 76.3 cm³/mol. The molecule has 0 fully saturated rings. The minimum Gasteiger partial charge on any atom is -0.490 e. The SMILES string of the molecule is CC(C)S(=O)(=O)CCOc1c(Cl)cc(Cl)cc1C=O. The molecular weight excluding hydrogens is 311 g/mol. The number of hydrogen-bond donors (Lipinski definition) is 0. The summed E-state index contributed by atoms with van der Waals surface area (Å²) in [4.78, 5) is 10.9. The third kappa shape index (κ3) is 4.37. The molecule has 0 aliphatic heterocycles. The van der Waals surface area contributed by atoms with Gasteiger partial charge in [-0.15, -0.1) is 0 Å². The zero-order valence-corrected chi connectivity index (χ0v) is 12.8. The lowest BCUT2D eigenvalue weighted by Gasteiger charge is -2.12. The van der Waals surface area contributed by atoms with Crippen LogP contribution in [0.3, 0.4) is 0 Å². The molecule has 0 N–H and O–H groups in total. The van der Waals surface area contributed by atoms with Crippen LogP contribution in [0, 0.1) is 0 Å². The third-order valence-corrected chi connectivity index (χ3v) is 5.17. The van der Waals surface area contributed by atoms with Crippen molar-refractivity contribution >= 4 is 39.3 Å². The van der Waals surface area contributed by atoms with Gasteiger partial charge in [0, 0.05) is 5.02 Å². The van der Waals surface area contributed by atoms with Crippen molar-refractivity contribution in [3.05, 3.63) is 27.7 Å². The van der Waals surface area contributed by atoms with Gasteiger partial charge in [0.1, 0.15) is 12.4 Å². The molecule has 1 rings (SSSR count). The molecule has 7 heteroatoms. The van der Waals surface area contributed by atoms with Gasteiger partial charge in [-0.1, -0.05) is 23.2 Å². The summed E-state index contributed by atoms with van der Waals surface area (Å²) in [6.45, 7) is 3.13. The molecule has 0 unspecified atom stereocenters. The predicted octanol–water partition coefficient (Wildman–Crippen LogP) is 3.01. The number of hydrogen-bond acceptors (Lipinski definition) is 4. The van der Waals surface area contributed by atoms with Crippen LogP contribution in [0.1, 0.15) is 24.2 Å². The Hall–Kier alpha value is -0.780. The van der Waals surface area contributed by atoms with Gasteiger partial charge in [0.2, 0.25) is 0 Å². The van der Waals surface area contributed by atoms with E-state index < -0.39 is 15.1 Å². The molecule has 0 spiro atoms. The van der Waals surface area contributed by atoms with E-state index in [0.29, 0.717) is 11.3 Å². The maximum Gasteiger partial charge on any atom is 0.155 e. The van der Waals surface area contributed by atoms with Crippen molar-refractivity contribution < 1.29 is 17.9 Å². The van der Waals surface area contributed by atoms with Crippen molar-refractivity contribution in [1.29, 1.82) is 0 Å². The van der Waals surface area contributed by atoms with Gasteiger partial charge in [0.25, 0.3) is 0 Å². The van der Waals surface area contributed by atoms with Gasteiger partial charge in [0.15, 0.2) is 16.1 Å². The molecule has 1 aromatic carbocycles.